The fourth-order valence-electron chi connectivity index (χ4n) is 2.82. The number of carbonyl (C=O) groups excluding carboxylic acids is 1. The molecule has 0 atom stereocenters. The van der Waals surface area contributed by atoms with Gasteiger partial charge in [-0.2, -0.15) is 0 Å². The molecule has 0 fully saturated rings. The average Bonchev–Trinajstić information content (AvgIpc) is 2.68. The number of pyridine rings is 1. The van der Waals surface area contributed by atoms with Crippen LogP contribution in [0.2, 0.25) is 0 Å². The summed E-state index contributed by atoms with van der Waals surface area (Å²) in [5, 5.41) is 2.86. The summed E-state index contributed by atoms with van der Waals surface area (Å²) < 4.78 is 18.8. The molecule has 4 nitrogen and oxygen atoms in total. The van der Waals surface area contributed by atoms with Crippen LogP contribution in [0.4, 0.5) is 10.1 Å². The number of ether oxygens (including phenoxy) is 1. The maximum atomic E-state index is 13.6. The number of hydrogen-bond acceptors (Lipinski definition) is 3. The van der Waals surface area contributed by atoms with Crippen LogP contribution in [-0.4, -0.2) is 18.0 Å². The minimum Gasteiger partial charge on any atom is -0.496 e. The maximum absolute atomic E-state index is 13.6. The van der Waals surface area contributed by atoms with Crippen LogP contribution in [0.25, 0.3) is 11.3 Å². The van der Waals surface area contributed by atoms with Gasteiger partial charge in [0.1, 0.15) is 11.6 Å². The monoisotopic (exact) mass is 378 g/mol. The lowest BCUT2D eigenvalue weighted by atomic mass is 9.87. The number of amides is 1. The van der Waals surface area contributed by atoms with Crippen LogP contribution in [0, 0.1) is 5.82 Å². The topological polar surface area (TPSA) is 51.2 Å². The van der Waals surface area contributed by atoms with Gasteiger partial charge in [-0.25, -0.2) is 4.39 Å². The summed E-state index contributed by atoms with van der Waals surface area (Å²) >= 11 is 0. The Morgan fingerprint density at radius 3 is 2.32 bits per heavy atom. The zero-order valence-electron chi connectivity index (χ0n) is 16.4. The highest BCUT2D eigenvalue weighted by Crippen LogP contribution is 2.29. The second kappa shape index (κ2) is 7.80. The van der Waals surface area contributed by atoms with Gasteiger partial charge in [0.05, 0.1) is 18.4 Å². The quantitative estimate of drug-likeness (QED) is 0.657. The molecule has 0 saturated carbocycles. The van der Waals surface area contributed by atoms with Gasteiger partial charge in [0, 0.05) is 17.4 Å². The molecule has 0 bridgehead atoms. The van der Waals surface area contributed by atoms with Crippen molar-refractivity contribution in [2.75, 3.05) is 12.4 Å². The molecule has 1 amide bonds. The van der Waals surface area contributed by atoms with Gasteiger partial charge in [-0.3, -0.25) is 9.78 Å². The molecule has 0 saturated heterocycles. The Bertz CT molecular complexity index is 975. The largest absolute Gasteiger partial charge is 0.496 e. The van der Waals surface area contributed by atoms with Crippen LogP contribution < -0.4 is 10.1 Å². The number of carbonyl (C=O) groups is 1. The number of aromatic nitrogens is 1. The van der Waals surface area contributed by atoms with E-state index in [-0.39, 0.29) is 17.1 Å². The summed E-state index contributed by atoms with van der Waals surface area (Å²) in [5.41, 5.74) is 3.45. The zero-order valence-corrected chi connectivity index (χ0v) is 16.4. The molecule has 0 aliphatic carbocycles. The van der Waals surface area contributed by atoms with E-state index in [1.54, 1.807) is 18.2 Å². The number of nitrogens with zero attached hydrogens (tertiary/aromatic N) is 1. The highest BCUT2D eigenvalue weighted by Gasteiger charge is 2.14. The zero-order chi connectivity index (χ0) is 20.3. The molecule has 0 radical (unpaired) electrons. The summed E-state index contributed by atoms with van der Waals surface area (Å²) in [6.07, 6.45) is 1.47. The SMILES string of the molecule is COc1ccc(F)cc1-c1ccc(C(=O)Nc2ccc(C(C)(C)C)cc2)cn1. The normalized spacial score (nSPS) is 11.2. The molecule has 0 aliphatic heterocycles. The lowest BCUT2D eigenvalue weighted by Gasteiger charge is -2.19. The van der Waals surface area contributed by atoms with Crippen molar-refractivity contribution >= 4 is 11.6 Å². The van der Waals surface area contributed by atoms with Crippen molar-refractivity contribution in [3.05, 3.63) is 77.7 Å². The molecule has 5 heteroatoms. The first-order chi connectivity index (χ1) is 13.3. The molecule has 0 spiro atoms. The van der Waals surface area contributed by atoms with E-state index in [1.807, 2.05) is 24.3 Å². The number of methoxy groups -OCH3 is 1. The number of rotatable bonds is 4. The molecule has 28 heavy (non-hydrogen) atoms. The van der Waals surface area contributed by atoms with E-state index in [0.29, 0.717) is 28.3 Å². The van der Waals surface area contributed by atoms with Crippen LogP contribution in [0.3, 0.4) is 0 Å². The first kappa shape index (κ1) is 19.5. The van der Waals surface area contributed by atoms with E-state index < -0.39 is 0 Å². The lowest BCUT2D eigenvalue weighted by molar-refractivity contribution is 0.102. The van der Waals surface area contributed by atoms with Gasteiger partial charge in [-0.15, -0.1) is 0 Å². The van der Waals surface area contributed by atoms with Crippen molar-refractivity contribution < 1.29 is 13.9 Å². The van der Waals surface area contributed by atoms with Crippen molar-refractivity contribution in [1.82, 2.24) is 4.98 Å². The van der Waals surface area contributed by atoms with Crippen molar-refractivity contribution in [3.63, 3.8) is 0 Å². The van der Waals surface area contributed by atoms with Crippen LogP contribution in [0.1, 0.15) is 36.7 Å². The highest BCUT2D eigenvalue weighted by molar-refractivity contribution is 6.04. The molecule has 0 unspecified atom stereocenters. The Labute approximate surface area is 164 Å². The molecular weight excluding hydrogens is 355 g/mol. The van der Waals surface area contributed by atoms with Gasteiger partial charge in [-0.05, 0) is 53.4 Å². The average molecular weight is 378 g/mol. The molecule has 3 aromatic rings. The van der Waals surface area contributed by atoms with E-state index in [0.717, 1.165) is 0 Å². The Kier molecular flexibility index (Phi) is 5.45. The van der Waals surface area contributed by atoms with Crippen LogP contribution in [0.15, 0.2) is 60.8 Å². The number of nitrogens with one attached hydrogen (secondary N) is 1. The van der Waals surface area contributed by atoms with E-state index in [2.05, 4.69) is 31.1 Å². The van der Waals surface area contributed by atoms with E-state index >= 15 is 0 Å². The predicted molar refractivity (Wildman–Crippen MR) is 109 cm³/mol. The predicted octanol–water partition coefficient (Wildman–Crippen LogP) is 5.45. The van der Waals surface area contributed by atoms with Gasteiger partial charge in [-0.1, -0.05) is 32.9 Å². The van der Waals surface area contributed by atoms with Gasteiger partial charge in [0.2, 0.25) is 0 Å². The Morgan fingerprint density at radius 1 is 1.04 bits per heavy atom. The minimum atomic E-state index is -0.377. The summed E-state index contributed by atoms with van der Waals surface area (Å²) in [6, 6.07) is 15.4. The van der Waals surface area contributed by atoms with Crippen molar-refractivity contribution in [3.8, 4) is 17.0 Å². The van der Waals surface area contributed by atoms with Crippen molar-refractivity contribution in [1.29, 1.82) is 0 Å². The smallest absolute Gasteiger partial charge is 0.257 e. The molecule has 2 aromatic carbocycles. The number of hydrogen-bond donors (Lipinski definition) is 1. The van der Waals surface area contributed by atoms with E-state index in [1.165, 1.54) is 31.0 Å². The maximum Gasteiger partial charge on any atom is 0.257 e. The second-order valence-electron chi connectivity index (χ2n) is 7.56. The third kappa shape index (κ3) is 4.36. The summed E-state index contributed by atoms with van der Waals surface area (Å²) in [5.74, 6) is -0.114. The summed E-state index contributed by atoms with van der Waals surface area (Å²) in [4.78, 5) is 16.8. The van der Waals surface area contributed by atoms with Gasteiger partial charge in [0.25, 0.3) is 5.91 Å². The standard InChI is InChI=1S/C23H23FN2O2/c1-23(2,3)16-6-9-18(10-7-16)26-22(27)15-5-11-20(25-14-15)19-13-17(24)8-12-21(19)28-4/h5-14H,1-4H3,(H,26,27). The molecule has 3 rings (SSSR count). The van der Waals surface area contributed by atoms with E-state index in [9.17, 15) is 9.18 Å². The fraction of sp³-hybridized carbons (Fsp3) is 0.217. The van der Waals surface area contributed by atoms with E-state index in [4.69, 9.17) is 4.74 Å². The number of anilines is 1. The first-order valence-corrected chi connectivity index (χ1v) is 9.00. The van der Waals surface area contributed by atoms with Crippen LogP contribution in [0.5, 0.6) is 5.75 Å². The molecule has 144 valence electrons. The third-order valence-electron chi connectivity index (χ3n) is 4.47. The highest BCUT2D eigenvalue weighted by atomic mass is 19.1. The van der Waals surface area contributed by atoms with Crippen molar-refractivity contribution in [2.24, 2.45) is 0 Å². The number of halogens is 1. The summed E-state index contributed by atoms with van der Waals surface area (Å²) in [7, 11) is 1.52. The van der Waals surface area contributed by atoms with Gasteiger partial charge >= 0.3 is 0 Å². The minimum absolute atomic E-state index is 0.0558. The number of benzene rings is 2. The van der Waals surface area contributed by atoms with Crippen LogP contribution >= 0.6 is 0 Å². The molecule has 1 heterocycles. The second-order valence-corrected chi connectivity index (χ2v) is 7.56. The lowest BCUT2D eigenvalue weighted by Crippen LogP contribution is -2.13. The summed E-state index contributed by atoms with van der Waals surface area (Å²) in [6.45, 7) is 6.42. The molecule has 1 aromatic heterocycles. The van der Waals surface area contributed by atoms with Gasteiger partial charge in [0.15, 0.2) is 0 Å². The fourth-order valence-corrected chi connectivity index (χ4v) is 2.82. The first-order valence-electron chi connectivity index (χ1n) is 9.00. The van der Waals surface area contributed by atoms with Crippen molar-refractivity contribution in [2.45, 2.75) is 26.2 Å². The van der Waals surface area contributed by atoms with Crippen LogP contribution in [-0.2, 0) is 5.41 Å². The third-order valence-corrected chi connectivity index (χ3v) is 4.47. The molecule has 1 N–H and O–H groups in total. The molecule has 0 aliphatic rings. The Hall–Kier alpha value is -3.21. The van der Waals surface area contributed by atoms with Gasteiger partial charge < -0.3 is 10.1 Å². The molecular formula is C23H23FN2O2. The Morgan fingerprint density at radius 2 is 1.75 bits per heavy atom. The Balaban J connectivity index is 1.76.